The molecule has 1 N–H and O–H groups in total. The molecule has 0 aliphatic rings. The second-order valence-electron chi connectivity index (χ2n) is 6.34. The van der Waals surface area contributed by atoms with E-state index in [0.717, 1.165) is 12.0 Å². The van der Waals surface area contributed by atoms with Crippen molar-refractivity contribution in [2.75, 3.05) is 16.7 Å². The summed E-state index contributed by atoms with van der Waals surface area (Å²) in [5.41, 5.74) is 2.62. The van der Waals surface area contributed by atoms with Crippen molar-refractivity contribution in [2.45, 2.75) is 18.2 Å². The van der Waals surface area contributed by atoms with E-state index in [1.165, 1.54) is 23.5 Å². The van der Waals surface area contributed by atoms with E-state index in [4.69, 9.17) is 0 Å². The number of carbonyl (C=O) groups is 1. The number of sulfonamides is 1. The van der Waals surface area contributed by atoms with Gasteiger partial charge in [-0.25, -0.2) is 8.42 Å². The standard InChI is InChI=1S/C22H22N2O3S/c1-3-17-9-7-11-19(15-17)23-22(25)18-10-8-14-21(16-18)28(26,27)24(2)20-12-5-4-6-13-20/h4-16H,3H2,1-2H3,(H,23,25). The fraction of sp³-hybridized carbons (Fsp3) is 0.136. The zero-order valence-corrected chi connectivity index (χ0v) is 16.6. The van der Waals surface area contributed by atoms with Crippen molar-refractivity contribution >= 4 is 27.3 Å². The van der Waals surface area contributed by atoms with E-state index < -0.39 is 10.0 Å². The largest absolute Gasteiger partial charge is 0.322 e. The van der Waals surface area contributed by atoms with E-state index in [2.05, 4.69) is 5.32 Å². The van der Waals surface area contributed by atoms with Crippen molar-refractivity contribution in [3.8, 4) is 0 Å². The number of nitrogens with one attached hydrogen (secondary N) is 1. The Morgan fingerprint density at radius 2 is 1.64 bits per heavy atom. The van der Waals surface area contributed by atoms with Crippen molar-refractivity contribution in [2.24, 2.45) is 0 Å². The van der Waals surface area contributed by atoms with E-state index in [0.29, 0.717) is 11.4 Å². The topological polar surface area (TPSA) is 66.5 Å². The van der Waals surface area contributed by atoms with E-state index in [1.807, 2.05) is 31.2 Å². The molecule has 0 fully saturated rings. The molecule has 0 atom stereocenters. The highest BCUT2D eigenvalue weighted by molar-refractivity contribution is 7.92. The third kappa shape index (κ3) is 4.23. The summed E-state index contributed by atoms with van der Waals surface area (Å²) in [5, 5.41) is 2.83. The molecule has 0 saturated heterocycles. The van der Waals surface area contributed by atoms with Gasteiger partial charge in [-0.3, -0.25) is 9.10 Å². The van der Waals surface area contributed by atoms with Gasteiger partial charge in [0.1, 0.15) is 0 Å². The van der Waals surface area contributed by atoms with Crippen LogP contribution in [0.4, 0.5) is 11.4 Å². The molecule has 0 bridgehead atoms. The molecule has 144 valence electrons. The zero-order chi connectivity index (χ0) is 20.1. The van der Waals surface area contributed by atoms with Crippen molar-refractivity contribution < 1.29 is 13.2 Å². The van der Waals surface area contributed by atoms with Gasteiger partial charge in [0.25, 0.3) is 15.9 Å². The number of nitrogens with zero attached hydrogens (tertiary/aromatic N) is 1. The van der Waals surface area contributed by atoms with Crippen molar-refractivity contribution in [3.05, 3.63) is 90.0 Å². The van der Waals surface area contributed by atoms with Gasteiger partial charge in [-0.05, 0) is 54.4 Å². The van der Waals surface area contributed by atoms with Crippen LogP contribution in [0, 0.1) is 0 Å². The summed E-state index contributed by atoms with van der Waals surface area (Å²) in [6.45, 7) is 2.04. The number of hydrogen-bond acceptors (Lipinski definition) is 3. The van der Waals surface area contributed by atoms with Crippen LogP contribution < -0.4 is 9.62 Å². The average Bonchev–Trinajstić information content (AvgIpc) is 2.74. The van der Waals surface area contributed by atoms with Crippen LogP contribution in [-0.4, -0.2) is 21.4 Å². The first-order valence-corrected chi connectivity index (χ1v) is 10.4. The van der Waals surface area contributed by atoms with E-state index in [9.17, 15) is 13.2 Å². The Kier molecular flexibility index (Phi) is 5.80. The van der Waals surface area contributed by atoms with E-state index in [1.54, 1.807) is 42.5 Å². The number of para-hydroxylation sites is 1. The van der Waals surface area contributed by atoms with Crippen molar-refractivity contribution in [1.29, 1.82) is 0 Å². The van der Waals surface area contributed by atoms with Gasteiger partial charge in [-0.15, -0.1) is 0 Å². The normalized spacial score (nSPS) is 11.1. The maximum Gasteiger partial charge on any atom is 0.264 e. The Bertz CT molecular complexity index is 1080. The molecule has 0 saturated carbocycles. The molecule has 0 aliphatic heterocycles. The Hall–Kier alpha value is -3.12. The summed E-state index contributed by atoms with van der Waals surface area (Å²) >= 11 is 0. The molecular weight excluding hydrogens is 372 g/mol. The Labute approximate surface area is 165 Å². The molecule has 0 radical (unpaired) electrons. The van der Waals surface area contributed by atoms with Crippen LogP contribution in [-0.2, 0) is 16.4 Å². The summed E-state index contributed by atoms with van der Waals surface area (Å²) in [6.07, 6.45) is 0.864. The molecule has 5 nitrogen and oxygen atoms in total. The molecular formula is C22H22N2O3S. The van der Waals surface area contributed by atoms with Gasteiger partial charge < -0.3 is 5.32 Å². The van der Waals surface area contributed by atoms with E-state index in [-0.39, 0.29) is 16.4 Å². The van der Waals surface area contributed by atoms with Gasteiger partial charge in [-0.2, -0.15) is 0 Å². The SMILES string of the molecule is CCc1cccc(NC(=O)c2cccc(S(=O)(=O)N(C)c3ccccc3)c2)c1. The highest BCUT2D eigenvalue weighted by atomic mass is 32.2. The third-order valence-corrected chi connectivity index (χ3v) is 6.25. The first-order valence-electron chi connectivity index (χ1n) is 8.96. The van der Waals surface area contributed by atoms with Crippen molar-refractivity contribution in [3.63, 3.8) is 0 Å². The number of aryl methyl sites for hydroxylation is 1. The number of amides is 1. The van der Waals surface area contributed by atoms with Crippen molar-refractivity contribution in [1.82, 2.24) is 0 Å². The van der Waals surface area contributed by atoms with Gasteiger partial charge in [0.2, 0.25) is 0 Å². The number of benzene rings is 3. The fourth-order valence-electron chi connectivity index (χ4n) is 2.80. The predicted octanol–water partition coefficient (Wildman–Crippen LogP) is 4.33. The monoisotopic (exact) mass is 394 g/mol. The van der Waals surface area contributed by atoms with Gasteiger partial charge in [0.15, 0.2) is 0 Å². The summed E-state index contributed by atoms with van der Waals surface area (Å²) in [7, 11) is -2.28. The molecule has 0 heterocycles. The lowest BCUT2D eigenvalue weighted by Gasteiger charge is -2.19. The molecule has 3 aromatic rings. The van der Waals surface area contributed by atoms with Gasteiger partial charge in [0, 0.05) is 18.3 Å². The third-order valence-electron chi connectivity index (χ3n) is 4.47. The van der Waals surface area contributed by atoms with Crippen LogP contribution in [0.5, 0.6) is 0 Å². The van der Waals surface area contributed by atoms with Crippen LogP contribution in [0.25, 0.3) is 0 Å². The number of rotatable bonds is 6. The first kappa shape index (κ1) is 19.6. The maximum absolute atomic E-state index is 12.9. The Morgan fingerprint density at radius 1 is 0.929 bits per heavy atom. The number of anilines is 2. The minimum atomic E-state index is -3.78. The Balaban J connectivity index is 1.86. The summed E-state index contributed by atoms with van der Waals surface area (Å²) < 4.78 is 27.1. The number of carbonyl (C=O) groups excluding carboxylic acids is 1. The predicted molar refractivity (Wildman–Crippen MR) is 112 cm³/mol. The van der Waals surface area contributed by atoms with Crippen LogP contribution in [0.1, 0.15) is 22.8 Å². The minimum Gasteiger partial charge on any atom is -0.322 e. The molecule has 0 unspecified atom stereocenters. The molecule has 0 aromatic heterocycles. The summed E-state index contributed by atoms with van der Waals surface area (Å²) in [4.78, 5) is 12.7. The van der Waals surface area contributed by atoms with Gasteiger partial charge in [-0.1, -0.05) is 43.3 Å². The molecule has 0 aliphatic carbocycles. The molecule has 1 amide bonds. The number of hydrogen-bond donors (Lipinski definition) is 1. The quantitative estimate of drug-likeness (QED) is 0.677. The smallest absolute Gasteiger partial charge is 0.264 e. The molecule has 0 spiro atoms. The molecule has 3 aromatic carbocycles. The van der Waals surface area contributed by atoms with Crippen LogP contribution >= 0.6 is 0 Å². The average molecular weight is 394 g/mol. The van der Waals surface area contributed by atoms with Gasteiger partial charge in [0.05, 0.1) is 10.6 Å². The molecule has 3 rings (SSSR count). The summed E-state index contributed by atoms with van der Waals surface area (Å²) in [6, 6.07) is 22.4. The lowest BCUT2D eigenvalue weighted by molar-refractivity contribution is 0.102. The van der Waals surface area contributed by atoms with Crippen LogP contribution in [0.2, 0.25) is 0 Å². The lowest BCUT2D eigenvalue weighted by Crippen LogP contribution is -2.26. The Morgan fingerprint density at radius 3 is 2.36 bits per heavy atom. The highest BCUT2D eigenvalue weighted by Crippen LogP contribution is 2.22. The lowest BCUT2D eigenvalue weighted by atomic mass is 10.1. The fourth-order valence-corrected chi connectivity index (χ4v) is 4.05. The summed E-state index contributed by atoms with van der Waals surface area (Å²) in [5.74, 6) is -0.354. The van der Waals surface area contributed by atoms with Crippen LogP contribution in [0.3, 0.4) is 0 Å². The zero-order valence-electron chi connectivity index (χ0n) is 15.8. The molecule has 6 heteroatoms. The second-order valence-corrected chi connectivity index (χ2v) is 8.31. The highest BCUT2D eigenvalue weighted by Gasteiger charge is 2.22. The second kappa shape index (κ2) is 8.27. The van der Waals surface area contributed by atoms with E-state index >= 15 is 0 Å². The molecule has 28 heavy (non-hydrogen) atoms. The van der Waals surface area contributed by atoms with Crippen LogP contribution in [0.15, 0.2) is 83.8 Å². The minimum absolute atomic E-state index is 0.0637. The first-order chi connectivity index (χ1) is 13.4. The maximum atomic E-state index is 12.9. The van der Waals surface area contributed by atoms with Gasteiger partial charge >= 0.3 is 0 Å².